The Morgan fingerprint density at radius 1 is 1.00 bits per heavy atom. The molecular formula is C19H20N2. The van der Waals surface area contributed by atoms with E-state index >= 15 is 0 Å². The maximum Gasteiger partial charge on any atom is 0.0704 e. The molecule has 106 valence electrons. The number of likely N-dealkylation sites (N-methyl/N-ethyl adjacent to an activating group) is 1. The highest BCUT2D eigenvalue weighted by molar-refractivity contribution is 5.81. The van der Waals surface area contributed by atoms with E-state index in [1.54, 1.807) is 0 Å². The van der Waals surface area contributed by atoms with Gasteiger partial charge in [0, 0.05) is 17.6 Å². The molecule has 0 radical (unpaired) electrons. The van der Waals surface area contributed by atoms with Crippen molar-refractivity contribution in [2.45, 2.75) is 19.4 Å². The number of nitrogens with zero attached hydrogens (tertiary/aromatic N) is 1. The smallest absolute Gasteiger partial charge is 0.0704 e. The number of pyridine rings is 1. The van der Waals surface area contributed by atoms with Crippen molar-refractivity contribution in [3.8, 4) is 0 Å². The van der Waals surface area contributed by atoms with E-state index in [9.17, 15) is 0 Å². The number of hydrogen-bond acceptors (Lipinski definition) is 2. The van der Waals surface area contributed by atoms with Gasteiger partial charge in [0.25, 0.3) is 0 Å². The zero-order chi connectivity index (χ0) is 14.7. The van der Waals surface area contributed by atoms with Crippen LogP contribution in [0.1, 0.15) is 22.7 Å². The first kappa shape index (κ1) is 13.8. The fraction of sp³-hybridized carbons (Fsp3) is 0.211. The van der Waals surface area contributed by atoms with Crippen molar-refractivity contribution in [3.05, 3.63) is 77.5 Å². The Kier molecular flexibility index (Phi) is 3.98. The Morgan fingerprint density at radius 3 is 2.52 bits per heavy atom. The maximum absolute atomic E-state index is 4.44. The number of nitrogens with one attached hydrogen (secondary N) is 1. The van der Waals surface area contributed by atoms with Crippen LogP contribution in [0.2, 0.25) is 0 Å². The SMILES string of the molecule is CNC(Cc1ccnc2ccccc12)c1ccc(C)cc1. The van der Waals surface area contributed by atoms with Gasteiger partial charge in [-0.25, -0.2) is 0 Å². The molecule has 0 aliphatic carbocycles. The number of para-hydroxylation sites is 1. The highest BCUT2D eigenvalue weighted by atomic mass is 14.9. The first-order valence-corrected chi connectivity index (χ1v) is 7.34. The summed E-state index contributed by atoms with van der Waals surface area (Å²) in [5.41, 5.74) is 5.02. The molecule has 0 aliphatic rings. The van der Waals surface area contributed by atoms with Gasteiger partial charge in [-0.1, -0.05) is 48.0 Å². The van der Waals surface area contributed by atoms with Crippen molar-refractivity contribution < 1.29 is 0 Å². The van der Waals surface area contributed by atoms with Crippen LogP contribution in [0.5, 0.6) is 0 Å². The number of aryl methyl sites for hydroxylation is 1. The fourth-order valence-corrected chi connectivity index (χ4v) is 2.74. The van der Waals surface area contributed by atoms with Crippen molar-refractivity contribution in [2.75, 3.05) is 7.05 Å². The minimum absolute atomic E-state index is 0.316. The molecule has 21 heavy (non-hydrogen) atoms. The second-order valence-corrected chi connectivity index (χ2v) is 5.44. The highest BCUT2D eigenvalue weighted by Crippen LogP contribution is 2.23. The minimum atomic E-state index is 0.316. The average Bonchev–Trinajstić information content (AvgIpc) is 2.54. The predicted molar refractivity (Wildman–Crippen MR) is 88.4 cm³/mol. The van der Waals surface area contributed by atoms with Crippen LogP contribution in [0.25, 0.3) is 10.9 Å². The van der Waals surface area contributed by atoms with Gasteiger partial charge in [0.15, 0.2) is 0 Å². The molecule has 1 unspecified atom stereocenters. The van der Waals surface area contributed by atoms with E-state index in [4.69, 9.17) is 0 Å². The summed E-state index contributed by atoms with van der Waals surface area (Å²) in [6.45, 7) is 2.12. The molecular weight excluding hydrogens is 256 g/mol. The molecule has 3 aromatic rings. The van der Waals surface area contributed by atoms with E-state index < -0.39 is 0 Å². The van der Waals surface area contributed by atoms with Crippen LogP contribution in [0.4, 0.5) is 0 Å². The number of rotatable bonds is 4. The van der Waals surface area contributed by atoms with E-state index in [0.717, 1.165) is 11.9 Å². The van der Waals surface area contributed by atoms with Gasteiger partial charge in [-0.2, -0.15) is 0 Å². The van der Waals surface area contributed by atoms with Crippen LogP contribution in [-0.2, 0) is 6.42 Å². The first-order valence-electron chi connectivity index (χ1n) is 7.34. The van der Waals surface area contributed by atoms with Crippen LogP contribution < -0.4 is 5.32 Å². The lowest BCUT2D eigenvalue weighted by Gasteiger charge is -2.18. The van der Waals surface area contributed by atoms with E-state index in [0.29, 0.717) is 6.04 Å². The molecule has 3 rings (SSSR count). The van der Waals surface area contributed by atoms with Gasteiger partial charge in [-0.15, -0.1) is 0 Å². The van der Waals surface area contributed by atoms with Crippen molar-refractivity contribution in [3.63, 3.8) is 0 Å². The third-order valence-electron chi connectivity index (χ3n) is 3.99. The summed E-state index contributed by atoms with van der Waals surface area (Å²) in [6.07, 6.45) is 2.86. The fourth-order valence-electron chi connectivity index (χ4n) is 2.74. The van der Waals surface area contributed by atoms with Gasteiger partial charge >= 0.3 is 0 Å². The first-order chi connectivity index (χ1) is 10.3. The van der Waals surface area contributed by atoms with Crippen molar-refractivity contribution in [1.82, 2.24) is 10.3 Å². The summed E-state index contributed by atoms with van der Waals surface area (Å²) < 4.78 is 0. The number of fused-ring (bicyclic) bond motifs is 1. The van der Waals surface area contributed by atoms with Gasteiger partial charge in [0.1, 0.15) is 0 Å². The molecule has 0 amide bonds. The second kappa shape index (κ2) is 6.06. The molecule has 0 bridgehead atoms. The van der Waals surface area contributed by atoms with Crippen molar-refractivity contribution in [1.29, 1.82) is 0 Å². The van der Waals surface area contributed by atoms with Gasteiger partial charge in [0.2, 0.25) is 0 Å². The summed E-state index contributed by atoms with van der Waals surface area (Å²) in [4.78, 5) is 4.44. The average molecular weight is 276 g/mol. The van der Waals surface area contributed by atoms with Gasteiger partial charge in [-0.3, -0.25) is 4.98 Å². The molecule has 1 heterocycles. The molecule has 0 saturated carbocycles. The number of hydrogen-bond donors (Lipinski definition) is 1. The van der Waals surface area contributed by atoms with Gasteiger partial charge < -0.3 is 5.32 Å². The molecule has 0 saturated heterocycles. The third-order valence-corrected chi connectivity index (χ3v) is 3.99. The summed E-state index contributed by atoms with van der Waals surface area (Å²) >= 11 is 0. The van der Waals surface area contributed by atoms with E-state index in [1.165, 1.54) is 22.1 Å². The maximum atomic E-state index is 4.44. The van der Waals surface area contributed by atoms with Crippen molar-refractivity contribution >= 4 is 10.9 Å². The molecule has 0 aliphatic heterocycles. The Labute approximate surface area is 125 Å². The third kappa shape index (κ3) is 2.96. The lowest BCUT2D eigenvalue weighted by Crippen LogP contribution is -2.19. The Bertz CT molecular complexity index is 727. The Morgan fingerprint density at radius 2 is 1.76 bits per heavy atom. The number of aromatic nitrogens is 1. The predicted octanol–water partition coefficient (Wildman–Crippen LogP) is 4.05. The van der Waals surface area contributed by atoms with Crippen LogP contribution in [0.15, 0.2) is 60.8 Å². The molecule has 1 atom stereocenters. The van der Waals surface area contributed by atoms with E-state index in [-0.39, 0.29) is 0 Å². The Hall–Kier alpha value is -2.19. The normalized spacial score (nSPS) is 12.5. The standard InChI is InChI=1S/C19H20N2/c1-14-7-9-15(10-8-14)19(20-2)13-16-11-12-21-18-6-4-3-5-17(16)18/h3-12,19-20H,13H2,1-2H3. The molecule has 0 fully saturated rings. The zero-order valence-corrected chi connectivity index (χ0v) is 12.5. The molecule has 2 nitrogen and oxygen atoms in total. The largest absolute Gasteiger partial charge is 0.313 e. The van der Waals surface area contributed by atoms with E-state index in [1.807, 2.05) is 19.3 Å². The van der Waals surface area contributed by atoms with Crippen molar-refractivity contribution in [2.24, 2.45) is 0 Å². The minimum Gasteiger partial charge on any atom is -0.313 e. The van der Waals surface area contributed by atoms with Gasteiger partial charge in [0.05, 0.1) is 5.52 Å². The summed E-state index contributed by atoms with van der Waals surface area (Å²) in [6, 6.07) is 19.5. The summed E-state index contributed by atoms with van der Waals surface area (Å²) in [5.74, 6) is 0. The quantitative estimate of drug-likeness (QED) is 0.777. The topological polar surface area (TPSA) is 24.9 Å². The summed E-state index contributed by atoms with van der Waals surface area (Å²) in [5, 5.41) is 4.67. The Balaban J connectivity index is 1.94. The number of benzene rings is 2. The van der Waals surface area contributed by atoms with Crippen LogP contribution >= 0.6 is 0 Å². The molecule has 2 heteroatoms. The molecule has 2 aromatic carbocycles. The van der Waals surface area contributed by atoms with E-state index in [2.05, 4.69) is 65.8 Å². The van der Waals surface area contributed by atoms with Crippen LogP contribution in [0.3, 0.4) is 0 Å². The summed E-state index contributed by atoms with van der Waals surface area (Å²) in [7, 11) is 2.02. The highest BCUT2D eigenvalue weighted by Gasteiger charge is 2.12. The molecule has 1 N–H and O–H groups in total. The lowest BCUT2D eigenvalue weighted by molar-refractivity contribution is 0.593. The van der Waals surface area contributed by atoms with Crippen LogP contribution in [0, 0.1) is 6.92 Å². The second-order valence-electron chi connectivity index (χ2n) is 5.44. The lowest BCUT2D eigenvalue weighted by atomic mass is 9.96. The van der Waals surface area contributed by atoms with Gasteiger partial charge in [-0.05, 0) is 43.7 Å². The molecule has 0 spiro atoms. The molecule has 1 aromatic heterocycles. The van der Waals surface area contributed by atoms with Crippen LogP contribution in [-0.4, -0.2) is 12.0 Å². The zero-order valence-electron chi connectivity index (χ0n) is 12.5. The monoisotopic (exact) mass is 276 g/mol.